The van der Waals surface area contributed by atoms with Crippen LogP contribution in [0.25, 0.3) is 12.2 Å². The Hall–Kier alpha value is -2.42. The molecule has 0 atom stereocenters. The summed E-state index contributed by atoms with van der Waals surface area (Å²) in [6.07, 6.45) is 4.66. The van der Waals surface area contributed by atoms with Gasteiger partial charge in [-0.05, 0) is 82.2 Å². The number of halogens is 2. The fourth-order valence-electron chi connectivity index (χ4n) is 4.04. The molecule has 0 radical (unpaired) electrons. The van der Waals surface area contributed by atoms with Crippen LogP contribution < -0.4 is 20.2 Å². The van der Waals surface area contributed by atoms with Crippen LogP contribution in [0.1, 0.15) is 11.1 Å². The second-order valence-corrected chi connectivity index (χ2v) is 8.24. The van der Waals surface area contributed by atoms with Crippen LogP contribution in [0.4, 0.5) is 11.4 Å². The van der Waals surface area contributed by atoms with Crippen LogP contribution in [0.15, 0.2) is 60.7 Å². The van der Waals surface area contributed by atoms with Gasteiger partial charge in [0.2, 0.25) is 0 Å². The molecule has 0 amide bonds. The van der Waals surface area contributed by atoms with Crippen molar-refractivity contribution < 1.29 is 0 Å². The molecule has 0 bridgehead atoms. The van der Waals surface area contributed by atoms with Gasteiger partial charge in [0.05, 0.1) is 0 Å². The first-order valence-electron chi connectivity index (χ1n) is 9.49. The molecular weight excluding hydrogens is 387 g/mol. The van der Waals surface area contributed by atoms with Crippen molar-refractivity contribution in [3.8, 4) is 0 Å². The number of nitrogens with zero attached hydrogens (tertiary/aromatic N) is 2. The summed E-state index contributed by atoms with van der Waals surface area (Å²) < 4.78 is 0. The molecule has 0 fully saturated rings. The highest BCUT2D eigenvalue weighted by molar-refractivity contribution is 6.30. The van der Waals surface area contributed by atoms with Gasteiger partial charge in [0, 0.05) is 47.6 Å². The third kappa shape index (κ3) is 3.39. The third-order valence-electron chi connectivity index (χ3n) is 5.57. The zero-order chi connectivity index (χ0) is 19.1. The molecule has 3 aromatic rings. The maximum absolute atomic E-state index is 6.03. The maximum atomic E-state index is 6.03. The van der Waals surface area contributed by atoms with Crippen molar-refractivity contribution in [1.29, 1.82) is 0 Å². The molecule has 2 aliphatic rings. The van der Waals surface area contributed by atoms with E-state index < -0.39 is 0 Å². The average molecular weight is 407 g/mol. The molecule has 0 unspecified atom stereocenters. The van der Waals surface area contributed by atoms with Crippen LogP contribution in [0.2, 0.25) is 10.0 Å². The van der Waals surface area contributed by atoms with E-state index >= 15 is 0 Å². The molecule has 4 heteroatoms. The molecule has 0 saturated carbocycles. The molecular formula is C24H20Cl2N2. The number of rotatable bonds is 2. The maximum Gasteiger partial charge on any atom is 0.0439 e. The normalized spacial score (nSPS) is 15.4. The molecule has 140 valence electrons. The highest BCUT2D eigenvalue weighted by Crippen LogP contribution is 2.23. The monoisotopic (exact) mass is 406 g/mol. The number of hydrogen-bond acceptors (Lipinski definition) is 2. The first-order valence-corrected chi connectivity index (χ1v) is 10.2. The summed E-state index contributed by atoms with van der Waals surface area (Å²) in [4.78, 5) is 4.77. The minimum atomic E-state index is 0.777. The Balaban J connectivity index is 1.42. The van der Waals surface area contributed by atoms with E-state index in [9.17, 15) is 0 Å². The summed E-state index contributed by atoms with van der Waals surface area (Å²) >= 11 is 12.1. The van der Waals surface area contributed by atoms with Gasteiger partial charge in [-0.3, -0.25) is 0 Å². The Morgan fingerprint density at radius 2 is 0.964 bits per heavy atom. The lowest BCUT2D eigenvalue weighted by molar-refractivity contribution is 0.832. The molecule has 28 heavy (non-hydrogen) atoms. The highest BCUT2D eigenvalue weighted by atomic mass is 35.5. The second-order valence-electron chi connectivity index (χ2n) is 7.37. The van der Waals surface area contributed by atoms with E-state index in [0.29, 0.717) is 0 Å². The minimum absolute atomic E-state index is 0.777. The standard InChI is InChI=1S/C24H20Cl2N2/c25-21-1-5-23(6-2-21)27-11-9-17-14-20-16-28(24-7-3-22(26)4-8-24)12-10-18(20)13-19(17)15-27/h1-10,13-14H,11-12,15-16H2. The SMILES string of the molecule is Clc1ccc(N2CC=c3cc4c(cc3C2)=CCN(c2ccc(Cl)cc2)C4)cc1. The summed E-state index contributed by atoms with van der Waals surface area (Å²) in [5.41, 5.74) is 5.19. The van der Waals surface area contributed by atoms with Gasteiger partial charge in [-0.15, -0.1) is 0 Å². The molecule has 0 spiro atoms. The predicted molar refractivity (Wildman–Crippen MR) is 120 cm³/mol. The van der Waals surface area contributed by atoms with Crippen LogP contribution in [0.3, 0.4) is 0 Å². The molecule has 0 aromatic heterocycles. The molecule has 2 heterocycles. The van der Waals surface area contributed by atoms with Crippen molar-refractivity contribution in [2.45, 2.75) is 13.1 Å². The van der Waals surface area contributed by atoms with Crippen molar-refractivity contribution in [2.24, 2.45) is 0 Å². The average Bonchev–Trinajstić information content (AvgIpc) is 2.72. The fourth-order valence-corrected chi connectivity index (χ4v) is 4.29. The van der Waals surface area contributed by atoms with E-state index in [1.807, 2.05) is 24.3 Å². The number of hydrogen-bond donors (Lipinski definition) is 0. The minimum Gasteiger partial charge on any atom is -0.363 e. The molecule has 0 N–H and O–H groups in total. The Morgan fingerprint density at radius 1 is 0.571 bits per heavy atom. The Kier molecular flexibility index (Phi) is 4.54. The van der Waals surface area contributed by atoms with E-state index in [1.165, 1.54) is 32.9 Å². The fraction of sp³-hybridized carbons (Fsp3) is 0.167. The summed E-state index contributed by atoms with van der Waals surface area (Å²) in [7, 11) is 0. The van der Waals surface area contributed by atoms with Gasteiger partial charge < -0.3 is 9.80 Å². The Bertz CT molecular complexity index is 1040. The first kappa shape index (κ1) is 17.7. The van der Waals surface area contributed by atoms with E-state index in [1.54, 1.807) is 0 Å². The number of benzene rings is 3. The van der Waals surface area contributed by atoms with Crippen LogP contribution >= 0.6 is 23.2 Å². The van der Waals surface area contributed by atoms with E-state index in [0.717, 1.165) is 36.2 Å². The van der Waals surface area contributed by atoms with Crippen LogP contribution in [-0.2, 0) is 13.1 Å². The van der Waals surface area contributed by atoms with Gasteiger partial charge >= 0.3 is 0 Å². The van der Waals surface area contributed by atoms with Crippen molar-refractivity contribution in [1.82, 2.24) is 0 Å². The van der Waals surface area contributed by atoms with Crippen molar-refractivity contribution in [3.05, 3.63) is 92.3 Å². The molecule has 0 aliphatic carbocycles. The van der Waals surface area contributed by atoms with Crippen molar-refractivity contribution >= 4 is 46.7 Å². The predicted octanol–water partition coefficient (Wildman–Crippen LogP) is 4.59. The van der Waals surface area contributed by atoms with Gasteiger partial charge in [-0.2, -0.15) is 0 Å². The van der Waals surface area contributed by atoms with Crippen LogP contribution in [0, 0.1) is 0 Å². The number of fused-ring (bicyclic) bond motifs is 2. The summed E-state index contributed by atoms with van der Waals surface area (Å²) in [5.74, 6) is 0. The van der Waals surface area contributed by atoms with Gasteiger partial charge in [0.1, 0.15) is 0 Å². The molecule has 5 rings (SSSR count). The lowest BCUT2D eigenvalue weighted by Gasteiger charge is -2.30. The Labute approximate surface area is 174 Å². The van der Waals surface area contributed by atoms with Gasteiger partial charge in [0.25, 0.3) is 0 Å². The van der Waals surface area contributed by atoms with Crippen LogP contribution in [0.5, 0.6) is 0 Å². The molecule has 3 aromatic carbocycles. The van der Waals surface area contributed by atoms with Gasteiger partial charge in [-0.25, -0.2) is 0 Å². The zero-order valence-electron chi connectivity index (χ0n) is 15.4. The van der Waals surface area contributed by atoms with Gasteiger partial charge in [0.15, 0.2) is 0 Å². The molecule has 2 aliphatic heterocycles. The van der Waals surface area contributed by atoms with E-state index in [4.69, 9.17) is 23.2 Å². The summed E-state index contributed by atoms with van der Waals surface area (Å²) in [5, 5.41) is 4.27. The second kappa shape index (κ2) is 7.20. The van der Waals surface area contributed by atoms with Crippen LogP contribution in [-0.4, -0.2) is 13.1 Å². The van der Waals surface area contributed by atoms with E-state index in [-0.39, 0.29) is 0 Å². The number of anilines is 2. The smallest absolute Gasteiger partial charge is 0.0439 e. The van der Waals surface area contributed by atoms with Crippen molar-refractivity contribution in [2.75, 3.05) is 22.9 Å². The quantitative estimate of drug-likeness (QED) is 0.613. The molecule has 0 saturated heterocycles. The third-order valence-corrected chi connectivity index (χ3v) is 6.07. The summed E-state index contributed by atoms with van der Waals surface area (Å²) in [6.45, 7) is 3.68. The largest absolute Gasteiger partial charge is 0.363 e. The van der Waals surface area contributed by atoms with Crippen molar-refractivity contribution in [3.63, 3.8) is 0 Å². The first-order chi connectivity index (χ1) is 13.7. The lowest BCUT2D eigenvalue weighted by atomic mass is 9.99. The molecule has 2 nitrogen and oxygen atoms in total. The highest BCUT2D eigenvalue weighted by Gasteiger charge is 2.16. The Morgan fingerprint density at radius 3 is 1.36 bits per heavy atom. The lowest BCUT2D eigenvalue weighted by Crippen LogP contribution is -2.37. The zero-order valence-corrected chi connectivity index (χ0v) is 16.9. The van der Waals surface area contributed by atoms with E-state index in [2.05, 4.69) is 58.4 Å². The topological polar surface area (TPSA) is 6.48 Å². The van der Waals surface area contributed by atoms with Gasteiger partial charge in [-0.1, -0.05) is 35.4 Å². The summed E-state index contributed by atoms with van der Waals surface area (Å²) in [6, 6.07) is 20.9.